The highest BCUT2D eigenvalue weighted by atomic mass is 19.4. The van der Waals surface area contributed by atoms with Crippen molar-refractivity contribution >= 4 is 17.1 Å². The van der Waals surface area contributed by atoms with Gasteiger partial charge in [0.05, 0.1) is 15.4 Å². The summed E-state index contributed by atoms with van der Waals surface area (Å²) in [6.07, 6.45) is -4.93. The van der Waals surface area contributed by atoms with E-state index in [0.717, 1.165) is 0 Å². The molecule has 0 atom stereocenters. The summed E-state index contributed by atoms with van der Waals surface area (Å²) < 4.78 is 37.7. The average Bonchev–Trinajstić information content (AvgIpc) is 2.33. The van der Waals surface area contributed by atoms with Crippen LogP contribution < -0.4 is 11.1 Å². The molecular weight excluding hydrogens is 285 g/mol. The third-order valence-electron chi connectivity index (χ3n) is 2.26. The molecule has 0 aliphatic heterocycles. The van der Waals surface area contributed by atoms with E-state index in [-0.39, 0.29) is 25.2 Å². The number of nitrogens with zero attached hydrogens (tertiary/aromatic N) is 2. The molecule has 11 heteroatoms. The molecular formula is C9H9F3N4O4. The highest BCUT2D eigenvalue weighted by molar-refractivity contribution is 5.75. The van der Waals surface area contributed by atoms with E-state index in [1.54, 1.807) is 0 Å². The fourth-order valence-corrected chi connectivity index (χ4v) is 1.44. The second-order valence-electron chi connectivity index (χ2n) is 3.62. The monoisotopic (exact) mass is 294 g/mol. The van der Waals surface area contributed by atoms with E-state index in [1.807, 2.05) is 0 Å². The lowest BCUT2D eigenvalue weighted by molar-refractivity contribution is -0.392. The van der Waals surface area contributed by atoms with E-state index in [1.165, 1.54) is 0 Å². The lowest BCUT2D eigenvalue weighted by Crippen LogP contribution is -2.16. The Morgan fingerprint density at radius 3 is 1.90 bits per heavy atom. The van der Waals surface area contributed by atoms with Gasteiger partial charge in [0.2, 0.25) is 0 Å². The Morgan fingerprint density at radius 1 is 1.15 bits per heavy atom. The first-order valence-corrected chi connectivity index (χ1v) is 5.16. The van der Waals surface area contributed by atoms with Gasteiger partial charge in [0.1, 0.15) is 0 Å². The van der Waals surface area contributed by atoms with Crippen LogP contribution in [-0.4, -0.2) is 22.9 Å². The molecule has 1 aromatic carbocycles. The van der Waals surface area contributed by atoms with Crippen molar-refractivity contribution in [1.82, 2.24) is 0 Å². The molecule has 0 fully saturated rings. The molecule has 0 aliphatic rings. The third kappa shape index (κ3) is 3.32. The minimum atomic E-state index is -4.93. The molecule has 1 rings (SSSR count). The number of anilines is 1. The van der Waals surface area contributed by atoms with Gasteiger partial charge in [-0.3, -0.25) is 20.2 Å². The van der Waals surface area contributed by atoms with E-state index < -0.39 is 38.6 Å². The van der Waals surface area contributed by atoms with Crippen LogP contribution in [0.15, 0.2) is 12.1 Å². The van der Waals surface area contributed by atoms with E-state index in [4.69, 9.17) is 5.73 Å². The normalized spacial score (nSPS) is 11.2. The van der Waals surface area contributed by atoms with Gasteiger partial charge in [-0.2, -0.15) is 13.2 Å². The van der Waals surface area contributed by atoms with Crippen molar-refractivity contribution in [2.45, 2.75) is 6.18 Å². The van der Waals surface area contributed by atoms with Crippen LogP contribution in [0.5, 0.6) is 0 Å². The average molecular weight is 294 g/mol. The van der Waals surface area contributed by atoms with Gasteiger partial charge in [0.25, 0.3) is 11.4 Å². The fourth-order valence-electron chi connectivity index (χ4n) is 1.44. The topological polar surface area (TPSA) is 124 Å². The van der Waals surface area contributed by atoms with Crippen molar-refractivity contribution in [2.75, 3.05) is 18.4 Å². The number of nitrogens with one attached hydrogen (secondary N) is 1. The zero-order chi connectivity index (χ0) is 15.5. The summed E-state index contributed by atoms with van der Waals surface area (Å²) >= 11 is 0. The van der Waals surface area contributed by atoms with Crippen LogP contribution in [0.3, 0.4) is 0 Å². The molecule has 0 radical (unpaired) electrons. The number of halogens is 3. The number of benzene rings is 1. The molecule has 1 aromatic rings. The fraction of sp³-hybridized carbons (Fsp3) is 0.333. The minimum Gasteiger partial charge on any atom is -0.373 e. The highest BCUT2D eigenvalue weighted by Crippen LogP contribution is 2.40. The maximum atomic E-state index is 12.6. The largest absolute Gasteiger partial charge is 0.416 e. The van der Waals surface area contributed by atoms with Crippen LogP contribution in [0.25, 0.3) is 0 Å². The molecule has 0 aliphatic carbocycles. The zero-order valence-corrected chi connectivity index (χ0v) is 9.81. The van der Waals surface area contributed by atoms with Gasteiger partial charge in [-0.15, -0.1) is 0 Å². The molecule has 110 valence electrons. The Hall–Kier alpha value is -2.43. The van der Waals surface area contributed by atoms with Crippen molar-refractivity contribution < 1.29 is 23.0 Å². The molecule has 0 saturated carbocycles. The molecule has 3 N–H and O–H groups in total. The van der Waals surface area contributed by atoms with E-state index in [2.05, 4.69) is 5.32 Å². The first-order valence-electron chi connectivity index (χ1n) is 5.16. The van der Waals surface area contributed by atoms with Crippen LogP contribution in [0.4, 0.5) is 30.2 Å². The summed E-state index contributed by atoms with van der Waals surface area (Å²) in [5.41, 5.74) is 1.03. The highest BCUT2D eigenvalue weighted by Gasteiger charge is 2.37. The molecule has 0 heterocycles. The summed E-state index contributed by atoms with van der Waals surface area (Å²) in [5, 5.41) is 23.9. The quantitative estimate of drug-likeness (QED) is 0.631. The predicted octanol–water partition coefficient (Wildman–Crippen LogP) is 1.89. The van der Waals surface area contributed by atoms with Crippen LogP contribution in [0, 0.1) is 20.2 Å². The maximum Gasteiger partial charge on any atom is 0.416 e. The van der Waals surface area contributed by atoms with Crippen molar-refractivity contribution in [3.63, 3.8) is 0 Å². The molecule has 0 aromatic heterocycles. The predicted molar refractivity (Wildman–Crippen MR) is 62.3 cm³/mol. The summed E-state index contributed by atoms with van der Waals surface area (Å²) in [7, 11) is 0. The van der Waals surface area contributed by atoms with Crippen LogP contribution in [-0.2, 0) is 6.18 Å². The standard InChI is InChI=1S/C9H9F3N4O4/c10-9(11,12)5-3-6(15(17)18)8(14-2-1-13)7(4-5)16(19)20/h3-4,14H,1-2,13H2. The van der Waals surface area contributed by atoms with Gasteiger partial charge in [-0.1, -0.05) is 0 Å². The van der Waals surface area contributed by atoms with E-state index >= 15 is 0 Å². The summed E-state index contributed by atoms with van der Waals surface area (Å²) in [5.74, 6) is 0. The minimum absolute atomic E-state index is 0.00463. The number of nitrogens with two attached hydrogens (primary N) is 1. The first-order chi connectivity index (χ1) is 9.18. The first kappa shape index (κ1) is 15.6. The number of nitro benzene ring substituents is 2. The van der Waals surface area contributed by atoms with Crippen molar-refractivity contribution in [1.29, 1.82) is 0 Å². The zero-order valence-electron chi connectivity index (χ0n) is 9.81. The van der Waals surface area contributed by atoms with Gasteiger partial charge in [-0.25, -0.2) is 0 Å². The Bertz CT molecular complexity index is 511. The number of rotatable bonds is 5. The number of hydrogen-bond donors (Lipinski definition) is 2. The lowest BCUT2D eigenvalue weighted by atomic mass is 10.1. The van der Waals surface area contributed by atoms with Gasteiger partial charge >= 0.3 is 6.18 Å². The molecule has 0 unspecified atom stereocenters. The number of alkyl halides is 3. The Labute approximate surface area is 109 Å². The van der Waals surface area contributed by atoms with Gasteiger partial charge in [0, 0.05) is 25.2 Å². The number of nitro groups is 2. The van der Waals surface area contributed by atoms with E-state index in [0.29, 0.717) is 0 Å². The van der Waals surface area contributed by atoms with Gasteiger partial charge < -0.3 is 11.1 Å². The van der Waals surface area contributed by atoms with Gasteiger partial charge in [-0.05, 0) is 0 Å². The van der Waals surface area contributed by atoms with Crippen molar-refractivity contribution in [3.8, 4) is 0 Å². The summed E-state index contributed by atoms with van der Waals surface area (Å²) in [4.78, 5) is 19.3. The van der Waals surface area contributed by atoms with Crippen LogP contribution >= 0.6 is 0 Å². The van der Waals surface area contributed by atoms with Crippen LogP contribution in [0.1, 0.15) is 5.56 Å². The summed E-state index contributed by atoms with van der Waals surface area (Å²) in [6.45, 7) is -0.0671. The number of hydrogen-bond acceptors (Lipinski definition) is 6. The Morgan fingerprint density at radius 2 is 1.60 bits per heavy atom. The van der Waals surface area contributed by atoms with Crippen LogP contribution in [0.2, 0.25) is 0 Å². The Kier molecular flexibility index (Phi) is 4.45. The van der Waals surface area contributed by atoms with E-state index in [9.17, 15) is 33.4 Å². The smallest absolute Gasteiger partial charge is 0.373 e. The summed E-state index contributed by atoms with van der Waals surface area (Å²) in [6, 6.07) is 0.484. The third-order valence-corrected chi connectivity index (χ3v) is 2.26. The molecule has 0 bridgehead atoms. The lowest BCUT2D eigenvalue weighted by Gasteiger charge is -2.10. The molecule has 8 nitrogen and oxygen atoms in total. The van der Waals surface area contributed by atoms with Crippen molar-refractivity contribution in [3.05, 3.63) is 37.9 Å². The van der Waals surface area contributed by atoms with Crippen molar-refractivity contribution in [2.24, 2.45) is 5.73 Å². The molecule has 0 amide bonds. The maximum absolute atomic E-state index is 12.6. The molecule has 20 heavy (non-hydrogen) atoms. The second kappa shape index (κ2) is 5.69. The van der Waals surface area contributed by atoms with Gasteiger partial charge in [0.15, 0.2) is 5.69 Å². The Balaban J connectivity index is 3.55. The SMILES string of the molecule is NCCNc1c([N+](=O)[O-])cc(C(F)(F)F)cc1[N+](=O)[O-]. The molecule has 0 spiro atoms. The molecule has 0 saturated heterocycles. The second-order valence-corrected chi connectivity index (χ2v) is 3.62.